The largest absolute Gasteiger partial charge is 0.473 e. The lowest BCUT2D eigenvalue weighted by atomic mass is 9.76. The van der Waals surface area contributed by atoms with Crippen molar-refractivity contribution in [3.05, 3.63) is 125 Å². The number of halogens is 1. The molecule has 37 heavy (non-hydrogen) atoms. The van der Waals surface area contributed by atoms with Crippen LogP contribution in [-0.4, -0.2) is 28.0 Å². The molecular formula is C31H31IN3O2+. The first-order valence-electron chi connectivity index (χ1n) is 12.6. The number of ether oxygens (including phenoxy) is 2. The average molecular weight is 605 g/mol. The number of nitrogens with two attached hydrogens (primary N) is 1. The Morgan fingerprint density at radius 2 is 1.38 bits per heavy atom. The zero-order valence-corrected chi connectivity index (χ0v) is 23.0. The van der Waals surface area contributed by atoms with Gasteiger partial charge in [0.2, 0.25) is 9.60 Å². The van der Waals surface area contributed by atoms with Crippen molar-refractivity contribution in [3.63, 3.8) is 0 Å². The molecule has 3 aromatic carbocycles. The molecule has 5 rings (SSSR count). The summed E-state index contributed by atoms with van der Waals surface area (Å²) >= 11 is 2.17. The van der Waals surface area contributed by atoms with Crippen LogP contribution in [0, 0.1) is 6.92 Å². The number of benzene rings is 3. The molecule has 4 aromatic rings. The molecule has 0 spiro atoms. The summed E-state index contributed by atoms with van der Waals surface area (Å²) in [6.45, 7) is 3.38. The third-order valence-corrected chi connectivity index (χ3v) is 7.28. The van der Waals surface area contributed by atoms with Gasteiger partial charge < -0.3 is 14.8 Å². The molecule has 1 saturated heterocycles. The molecule has 188 valence electrons. The van der Waals surface area contributed by atoms with Crippen molar-refractivity contribution in [3.8, 4) is 5.88 Å². The molecule has 6 heteroatoms. The Labute approximate surface area is 231 Å². The summed E-state index contributed by atoms with van der Waals surface area (Å²) in [7, 11) is 0. The third kappa shape index (κ3) is 5.40. The second-order valence-electron chi connectivity index (χ2n) is 9.24. The van der Waals surface area contributed by atoms with Crippen molar-refractivity contribution < 1.29 is 14.9 Å². The van der Waals surface area contributed by atoms with Crippen molar-refractivity contribution in [2.24, 2.45) is 0 Å². The molecule has 3 N–H and O–H groups in total. The summed E-state index contributed by atoms with van der Waals surface area (Å²) < 4.78 is 12.6. The molecule has 0 atom stereocenters. The quantitative estimate of drug-likeness (QED) is 0.163. The van der Waals surface area contributed by atoms with Crippen LogP contribution >= 0.6 is 22.6 Å². The second-order valence-corrected chi connectivity index (χ2v) is 10.4. The van der Waals surface area contributed by atoms with Crippen LogP contribution in [-0.2, 0) is 10.3 Å². The molecule has 0 amide bonds. The number of anilines is 1. The molecule has 0 unspecified atom stereocenters. The summed E-state index contributed by atoms with van der Waals surface area (Å²) in [5.41, 5.74) is 5.18. The third-order valence-electron chi connectivity index (χ3n) is 6.74. The highest BCUT2D eigenvalue weighted by Crippen LogP contribution is 2.42. The van der Waals surface area contributed by atoms with E-state index in [-0.39, 0.29) is 6.10 Å². The Balaban J connectivity index is 1.72. The summed E-state index contributed by atoms with van der Waals surface area (Å²) in [4.78, 5) is 4.79. The molecule has 2 heterocycles. The van der Waals surface area contributed by atoms with Gasteiger partial charge in [-0.1, -0.05) is 91.0 Å². The lowest BCUT2D eigenvalue weighted by Crippen LogP contribution is -2.41. The molecule has 0 radical (unpaired) electrons. The topological polar surface area (TPSA) is 69.0 Å². The van der Waals surface area contributed by atoms with Gasteiger partial charge in [-0.25, -0.2) is 10.4 Å². The van der Waals surface area contributed by atoms with E-state index >= 15 is 0 Å². The Morgan fingerprint density at radius 1 is 0.892 bits per heavy atom. The van der Waals surface area contributed by atoms with E-state index < -0.39 is 5.54 Å². The van der Waals surface area contributed by atoms with E-state index in [9.17, 15) is 0 Å². The molecule has 1 aliphatic heterocycles. The van der Waals surface area contributed by atoms with Crippen molar-refractivity contribution in [1.29, 1.82) is 0 Å². The molecule has 1 fully saturated rings. The number of hydrogen-bond donors (Lipinski definition) is 2. The maximum absolute atomic E-state index is 6.52. The highest BCUT2D eigenvalue weighted by Gasteiger charge is 2.38. The van der Waals surface area contributed by atoms with Crippen LogP contribution in [0.1, 0.15) is 40.8 Å². The smallest absolute Gasteiger partial charge is 0.247 e. The highest BCUT2D eigenvalue weighted by molar-refractivity contribution is 14.1. The van der Waals surface area contributed by atoms with Gasteiger partial charge >= 0.3 is 0 Å². The van der Waals surface area contributed by atoms with Crippen LogP contribution < -0.4 is 15.5 Å². The zero-order valence-electron chi connectivity index (χ0n) is 20.9. The molecular weight excluding hydrogens is 573 g/mol. The lowest BCUT2D eigenvalue weighted by Gasteiger charge is -2.38. The summed E-state index contributed by atoms with van der Waals surface area (Å²) in [6, 6.07) is 33.6. The number of pyridine rings is 1. The highest BCUT2D eigenvalue weighted by atomic mass is 127. The minimum absolute atomic E-state index is 0.0486. The Hall–Kier alpha value is -3.23. The second kappa shape index (κ2) is 11.4. The number of nitrogens with zero attached hydrogens (tertiary/aromatic N) is 1. The maximum atomic E-state index is 6.52. The molecule has 5 nitrogen and oxygen atoms in total. The van der Waals surface area contributed by atoms with Crippen molar-refractivity contribution in [1.82, 2.24) is 4.98 Å². The van der Waals surface area contributed by atoms with Gasteiger partial charge in [-0.05, 0) is 29.7 Å². The monoisotopic (exact) mass is 604 g/mol. The van der Waals surface area contributed by atoms with Gasteiger partial charge in [0.1, 0.15) is 17.2 Å². The van der Waals surface area contributed by atoms with E-state index in [0.717, 1.165) is 46.5 Å². The van der Waals surface area contributed by atoms with E-state index in [2.05, 4.69) is 107 Å². The Bertz CT molecular complexity index is 1240. The van der Waals surface area contributed by atoms with Crippen LogP contribution in [0.25, 0.3) is 0 Å². The van der Waals surface area contributed by atoms with E-state index in [1.165, 1.54) is 0 Å². The van der Waals surface area contributed by atoms with Gasteiger partial charge in [-0.15, -0.1) is 0 Å². The van der Waals surface area contributed by atoms with Gasteiger partial charge in [0.05, 0.1) is 18.9 Å². The summed E-state index contributed by atoms with van der Waals surface area (Å²) in [6.07, 6.45) is 1.72. The first kappa shape index (κ1) is 25.4. The van der Waals surface area contributed by atoms with Gasteiger partial charge in [0, 0.05) is 41.1 Å². The van der Waals surface area contributed by atoms with E-state index in [0.29, 0.717) is 22.8 Å². The summed E-state index contributed by atoms with van der Waals surface area (Å²) in [5.74, 6) is 0.560. The van der Waals surface area contributed by atoms with Crippen LogP contribution in [0.15, 0.2) is 97.1 Å². The fraction of sp³-hybridized carbons (Fsp3) is 0.226. The van der Waals surface area contributed by atoms with E-state index in [4.69, 9.17) is 19.9 Å². The summed E-state index contributed by atoms with van der Waals surface area (Å²) in [5, 5.41) is 10.5. The normalized spacial score (nSPS) is 14.2. The Kier molecular flexibility index (Phi) is 7.86. The standard InChI is InChI=1S/C31H30IN3O2/c1-22-21-27(28(29(32)33)30(34-22)37-26-17-19-36-20-18-26)35-31(23-11-5-2-6-12-23,24-13-7-3-8-14-24)25-15-9-4-10-16-25/h2-16,21,26,33H,17-20H2,1H3,(H,34,35)/p+1. The number of hydrogen-bond acceptors (Lipinski definition) is 4. The molecule has 0 aliphatic carbocycles. The SMILES string of the molecule is Cc1cc(NC(c2ccccc2)(c2ccccc2)c2ccccc2)c(C(=[NH2+])I)c(OC2CCOCC2)n1. The Morgan fingerprint density at radius 3 is 1.84 bits per heavy atom. The van der Waals surface area contributed by atoms with E-state index in [1.54, 1.807) is 0 Å². The molecule has 1 aliphatic rings. The minimum atomic E-state index is -0.686. The van der Waals surface area contributed by atoms with Gasteiger partial charge in [-0.3, -0.25) is 0 Å². The van der Waals surface area contributed by atoms with Gasteiger partial charge in [-0.2, -0.15) is 0 Å². The van der Waals surface area contributed by atoms with Crippen LogP contribution in [0.2, 0.25) is 0 Å². The van der Waals surface area contributed by atoms with Crippen molar-refractivity contribution >= 4 is 32.0 Å². The maximum Gasteiger partial charge on any atom is 0.247 e. The van der Waals surface area contributed by atoms with Crippen LogP contribution in [0.5, 0.6) is 5.88 Å². The lowest BCUT2D eigenvalue weighted by molar-refractivity contribution is -0.106. The first-order valence-corrected chi connectivity index (χ1v) is 13.6. The van der Waals surface area contributed by atoms with Crippen LogP contribution in [0.4, 0.5) is 5.69 Å². The zero-order chi connectivity index (χ0) is 25.7. The minimum Gasteiger partial charge on any atom is -0.473 e. The number of nitrogens with one attached hydrogen (secondary N) is 1. The molecule has 0 saturated carbocycles. The fourth-order valence-electron chi connectivity index (χ4n) is 4.99. The first-order chi connectivity index (χ1) is 18.1. The predicted molar refractivity (Wildman–Crippen MR) is 156 cm³/mol. The van der Waals surface area contributed by atoms with Gasteiger partial charge in [0.15, 0.2) is 0 Å². The van der Waals surface area contributed by atoms with Crippen molar-refractivity contribution in [2.45, 2.75) is 31.4 Å². The molecule has 0 bridgehead atoms. The van der Waals surface area contributed by atoms with Gasteiger partial charge in [0.25, 0.3) is 0 Å². The average Bonchev–Trinajstić information content (AvgIpc) is 2.93. The predicted octanol–water partition coefficient (Wildman–Crippen LogP) is 5.29. The fourth-order valence-corrected chi connectivity index (χ4v) is 5.52. The number of rotatable bonds is 8. The number of aryl methyl sites for hydroxylation is 1. The van der Waals surface area contributed by atoms with Crippen molar-refractivity contribution in [2.75, 3.05) is 18.5 Å². The van der Waals surface area contributed by atoms with E-state index in [1.807, 2.05) is 25.1 Å². The molecule has 1 aromatic heterocycles. The van der Waals surface area contributed by atoms with Crippen LogP contribution in [0.3, 0.4) is 0 Å². The number of aromatic nitrogens is 1.